The van der Waals surface area contributed by atoms with Crippen molar-refractivity contribution in [2.75, 3.05) is 4.90 Å². The van der Waals surface area contributed by atoms with Crippen molar-refractivity contribution in [2.24, 2.45) is 0 Å². The highest BCUT2D eigenvalue weighted by Crippen LogP contribution is 2.28. The molecule has 1 fully saturated rings. The average molecular weight is 414 g/mol. The summed E-state index contributed by atoms with van der Waals surface area (Å²) in [6, 6.07) is 10.3. The van der Waals surface area contributed by atoms with Crippen LogP contribution in [0, 0.1) is 27.7 Å². The number of imide groups is 2. The zero-order chi connectivity index (χ0) is 22.3. The Bertz CT molecular complexity index is 1260. The quantitative estimate of drug-likeness (QED) is 0.522. The second-order valence-corrected chi connectivity index (χ2v) is 7.55. The molecular weight excluding hydrogens is 392 g/mol. The van der Waals surface area contributed by atoms with Gasteiger partial charge in [-0.2, -0.15) is 0 Å². The molecule has 4 amide bonds. The van der Waals surface area contributed by atoms with Gasteiger partial charge in [0.15, 0.2) is 0 Å². The number of nitrogens with zero attached hydrogens (tertiary/aromatic N) is 3. The zero-order valence-electron chi connectivity index (χ0n) is 17.8. The van der Waals surface area contributed by atoms with Gasteiger partial charge in [0.05, 0.1) is 17.6 Å². The number of carbonyl (C=O) groups is 3. The van der Waals surface area contributed by atoms with E-state index in [0.29, 0.717) is 5.69 Å². The summed E-state index contributed by atoms with van der Waals surface area (Å²) in [7, 11) is 0. The molecule has 156 valence electrons. The van der Waals surface area contributed by atoms with Gasteiger partial charge in [0.2, 0.25) is 0 Å². The summed E-state index contributed by atoms with van der Waals surface area (Å²) in [5.74, 6) is -1.35. The zero-order valence-corrected chi connectivity index (χ0v) is 17.8. The molecule has 0 atom stereocenters. The molecule has 1 aromatic carbocycles. The van der Waals surface area contributed by atoms with Crippen LogP contribution in [0.1, 0.15) is 28.1 Å². The van der Waals surface area contributed by atoms with E-state index in [0.717, 1.165) is 38.7 Å². The topological polar surface area (TPSA) is 84.3 Å². The van der Waals surface area contributed by atoms with Crippen molar-refractivity contribution in [1.29, 1.82) is 0 Å². The predicted molar refractivity (Wildman–Crippen MR) is 118 cm³/mol. The largest absolute Gasteiger partial charge is 0.335 e. The number of anilines is 1. The molecular formula is C24H22N4O3. The van der Waals surface area contributed by atoms with Gasteiger partial charge >= 0.3 is 6.03 Å². The van der Waals surface area contributed by atoms with Crippen molar-refractivity contribution in [3.8, 4) is 5.69 Å². The average Bonchev–Trinajstić information content (AvgIpc) is 3.02. The summed E-state index contributed by atoms with van der Waals surface area (Å²) in [6.07, 6.45) is 4.98. The first-order chi connectivity index (χ1) is 14.8. The van der Waals surface area contributed by atoms with Crippen LogP contribution in [0.4, 0.5) is 10.5 Å². The third-order valence-corrected chi connectivity index (χ3v) is 5.59. The monoisotopic (exact) mass is 414 g/mol. The Morgan fingerprint density at radius 2 is 1.77 bits per heavy atom. The minimum Gasteiger partial charge on any atom is -0.316 e. The van der Waals surface area contributed by atoms with Gasteiger partial charge < -0.3 is 4.57 Å². The second kappa shape index (κ2) is 7.68. The van der Waals surface area contributed by atoms with Gasteiger partial charge in [0.1, 0.15) is 5.57 Å². The third-order valence-electron chi connectivity index (χ3n) is 5.59. The molecule has 0 radical (unpaired) electrons. The van der Waals surface area contributed by atoms with Crippen molar-refractivity contribution in [3.63, 3.8) is 0 Å². The van der Waals surface area contributed by atoms with E-state index in [1.54, 1.807) is 24.5 Å². The van der Waals surface area contributed by atoms with E-state index in [4.69, 9.17) is 0 Å². The van der Waals surface area contributed by atoms with Crippen LogP contribution in [0.15, 0.2) is 54.4 Å². The van der Waals surface area contributed by atoms with Crippen LogP contribution < -0.4 is 10.2 Å². The fourth-order valence-corrected chi connectivity index (χ4v) is 3.83. The van der Waals surface area contributed by atoms with Gasteiger partial charge in [-0.05, 0) is 74.7 Å². The van der Waals surface area contributed by atoms with E-state index in [2.05, 4.69) is 10.3 Å². The van der Waals surface area contributed by atoms with E-state index in [9.17, 15) is 14.4 Å². The Balaban J connectivity index is 1.79. The number of amides is 4. The molecule has 0 unspecified atom stereocenters. The number of hydrogen-bond donors (Lipinski definition) is 1. The lowest BCUT2D eigenvalue weighted by molar-refractivity contribution is -0.122. The molecule has 1 aliphatic heterocycles. The van der Waals surface area contributed by atoms with Crippen molar-refractivity contribution in [1.82, 2.24) is 14.9 Å². The molecule has 1 saturated heterocycles. The van der Waals surface area contributed by atoms with Crippen LogP contribution in [0.3, 0.4) is 0 Å². The first-order valence-corrected chi connectivity index (χ1v) is 9.86. The highest BCUT2D eigenvalue weighted by molar-refractivity contribution is 6.39. The Morgan fingerprint density at radius 1 is 1.00 bits per heavy atom. The van der Waals surface area contributed by atoms with Crippen molar-refractivity contribution in [2.45, 2.75) is 27.7 Å². The van der Waals surface area contributed by atoms with Crippen LogP contribution in [0.5, 0.6) is 0 Å². The number of hydrogen-bond acceptors (Lipinski definition) is 4. The standard InChI is InChI=1S/C24H22N4O3/c1-14-7-5-9-21(16(14)3)28-23(30)20(22(29)26-24(28)31)12-18-11-15(2)27(17(18)4)19-8-6-10-25-13-19/h5-13H,1-4H3,(H,26,29,31)/b20-12+. The molecule has 3 heterocycles. The fourth-order valence-electron chi connectivity index (χ4n) is 3.83. The number of aryl methyl sites for hydroxylation is 2. The van der Waals surface area contributed by atoms with Crippen LogP contribution in [0.2, 0.25) is 0 Å². The molecule has 2 aromatic heterocycles. The number of urea groups is 1. The predicted octanol–water partition coefficient (Wildman–Crippen LogP) is 3.77. The number of aromatic nitrogens is 2. The van der Waals surface area contributed by atoms with Crippen LogP contribution in [-0.4, -0.2) is 27.4 Å². The van der Waals surface area contributed by atoms with Gasteiger partial charge in [-0.25, -0.2) is 9.69 Å². The Morgan fingerprint density at radius 3 is 2.48 bits per heavy atom. The Hall–Kier alpha value is -4.00. The van der Waals surface area contributed by atoms with Crippen molar-refractivity contribution >= 4 is 29.6 Å². The number of benzene rings is 1. The minimum atomic E-state index is -0.748. The van der Waals surface area contributed by atoms with Crippen LogP contribution in [0.25, 0.3) is 11.8 Å². The summed E-state index contributed by atoms with van der Waals surface area (Å²) in [4.78, 5) is 43.5. The number of rotatable bonds is 3. The first-order valence-electron chi connectivity index (χ1n) is 9.86. The normalized spacial score (nSPS) is 15.5. The SMILES string of the molecule is Cc1cccc(N2C(=O)NC(=O)/C(=C\c3cc(C)n(-c4cccnc4)c3C)C2=O)c1C. The van der Waals surface area contributed by atoms with Gasteiger partial charge in [-0.15, -0.1) is 0 Å². The van der Waals surface area contributed by atoms with Crippen LogP contribution >= 0.6 is 0 Å². The maximum atomic E-state index is 13.2. The van der Waals surface area contributed by atoms with E-state index < -0.39 is 17.8 Å². The van der Waals surface area contributed by atoms with Crippen molar-refractivity contribution in [3.05, 3.63) is 82.4 Å². The highest BCUT2D eigenvalue weighted by atomic mass is 16.2. The molecule has 7 heteroatoms. The lowest BCUT2D eigenvalue weighted by Gasteiger charge is -2.28. The first kappa shape index (κ1) is 20.3. The van der Waals surface area contributed by atoms with Gasteiger partial charge in [0, 0.05) is 17.6 Å². The molecule has 4 rings (SSSR count). The number of nitrogens with one attached hydrogen (secondary N) is 1. The molecule has 0 saturated carbocycles. The number of carbonyl (C=O) groups excluding carboxylic acids is 3. The van der Waals surface area contributed by atoms with Gasteiger partial charge in [-0.3, -0.25) is 19.9 Å². The molecule has 1 N–H and O–H groups in total. The molecule has 3 aromatic rings. The maximum Gasteiger partial charge on any atom is 0.335 e. The maximum absolute atomic E-state index is 13.2. The Labute approximate surface area is 180 Å². The van der Waals surface area contributed by atoms with Gasteiger partial charge in [0.25, 0.3) is 11.8 Å². The van der Waals surface area contributed by atoms with E-state index in [1.807, 2.05) is 56.5 Å². The third kappa shape index (κ3) is 3.44. The number of pyridine rings is 1. The molecule has 7 nitrogen and oxygen atoms in total. The molecule has 1 aliphatic rings. The lowest BCUT2D eigenvalue weighted by atomic mass is 10.0. The van der Waals surface area contributed by atoms with Gasteiger partial charge in [-0.1, -0.05) is 12.1 Å². The highest BCUT2D eigenvalue weighted by Gasteiger charge is 2.37. The second-order valence-electron chi connectivity index (χ2n) is 7.55. The minimum absolute atomic E-state index is 0.0908. The van der Waals surface area contributed by atoms with E-state index >= 15 is 0 Å². The molecule has 0 bridgehead atoms. The molecule has 31 heavy (non-hydrogen) atoms. The smallest absolute Gasteiger partial charge is 0.316 e. The van der Waals surface area contributed by atoms with E-state index in [-0.39, 0.29) is 5.57 Å². The summed E-state index contributed by atoms with van der Waals surface area (Å²) in [6.45, 7) is 7.59. The Kier molecular flexibility index (Phi) is 5.02. The summed E-state index contributed by atoms with van der Waals surface area (Å²) in [5.41, 5.74) is 5.50. The summed E-state index contributed by atoms with van der Waals surface area (Å²) >= 11 is 0. The molecule has 0 aliphatic carbocycles. The summed E-state index contributed by atoms with van der Waals surface area (Å²) in [5, 5.41) is 2.29. The summed E-state index contributed by atoms with van der Waals surface area (Å²) < 4.78 is 2.00. The number of barbiturate groups is 1. The lowest BCUT2D eigenvalue weighted by Crippen LogP contribution is -2.54. The van der Waals surface area contributed by atoms with Crippen molar-refractivity contribution < 1.29 is 14.4 Å². The molecule has 0 spiro atoms. The van der Waals surface area contributed by atoms with Crippen LogP contribution in [-0.2, 0) is 9.59 Å². The van der Waals surface area contributed by atoms with E-state index in [1.165, 1.54) is 6.08 Å². The fraction of sp³-hybridized carbons (Fsp3) is 0.167.